The van der Waals surface area contributed by atoms with E-state index in [1.54, 1.807) is 24.3 Å². The highest BCUT2D eigenvalue weighted by Gasteiger charge is 2.33. The van der Waals surface area contributed by atoms with Crippen LogP contribution in [0.4, 0.5) is 14.5 Å². The maximum absolute atomic E-state index is 13.3. The molecule has 3 rings (SSSR count). The van der Waals surface area contributed by atoms with Crippen LogP contribution in [0.5, 0.6) is 0 Å². The van der Waals surface area contributed by atoms with Gasteiger partial charge in [0.05, 0.1) is 10.6 Å². The van der Waals surface area contributed by atoms with Gasteiger partial charge in [-0.3, -0.25) is 9.69 Å². The van der Waals surface area contributed by atoms with Crippen molar-refractivity contribution in [1.29, 1.82) is 0 Å². The standard InChI is InChI=1S/C16H9F2NOS2/c17-11-4-1-3-10(7-11)8-14-15(20)19(16(21)22-14)13-6-2-5-12(18)9-13/h1-9H/b14-8-. The Labute approximate surface area is 135 Å². The van der Waals surface area contributed by atoms with E-state index in [1.807, 2.05) is 0 Å². The number of anilines is 1. The Kier molecular flexibility index (Phi) is 4.04. The van der Waals surface area contributed by atoms with Gasteiger partial charge >= 0.3 is 0 Å². The van der Waals surface area contributed by atoms with Crippen molar-refractivity contribution < 1.29 is 13.6 Å². The molecule has 1 saturated heterocycles. The van der Waals surface area contributed by atoms with Crippen molar-refractivity contribution in [2.75, 3.05) is 4.90 Å². The molecule has 2 aromatic rings. The molecule has 1 aliphatic heterocycles. The summed E-state index contributed by atoms with van der Waals surface area (Å²) in [4.78, 5) is 14.1. The fourth-order valence-corrected chi connectivity index (χ4v) is 3.35. The zero-order valence-electron chi connectivity index (χ0n) is 11.1. The number of carbonyl (C=O) groups excluding carboxylic acids is 1. The second kappa shape index (κ2) is 5.98. The van der Waals surface area contributed by atoms with E-state index < -0.39 is 5.82 Å². The van der Waals surface area contributed by atoms with Crippen molar-refractivity contribution in [3.63, 3.8) is 0 Å². The lowest BCUT2D eigenvalue weighted by atomic mass is 10.2. The Balaban J connectivity index is 1.95. The van der Waals surface area contributed by atoms with E-state index in [2.05, 4.69) is 0 Å². The van der Waals surface area contributed by atoms with Crippen molar-refractivity contribution in [2.45, 2.75) is 0 Å². The van der Waals surface area contributed by atoms with Crippen LogP contribution in [0.25, 0.3) is 6.08 Å². The van der Waals surface area contributed by atoms with Crippen LogP contribution in [-0.2, 0) is 4.79 Å². The van der Waals surface area contributed by atoms with E-state index in [0.29, 0.717) is 20.5 Å². The van der Waals surface area contributed by atoms with Crippen molar-refractivity contribution >= 4 is 46.0 Å². The summed E-state index contributed by atoms with van der Waals surface area (Å²) in [6.07, 6.45) is 1.57. The second-order valence-corrected chi connectivity index (χ2v) is 6.23. The summed E-state index contributed by atoms with van der Waals surface area (Å²) in [5, 5.41) is 0. The number of thiocarbonyl (C=S) groups is 1. The fraction of sp³-hybridized carbons (Fsp3) is 0. The van der Waals surface area contributed by atoms with Gasteiger partial charge in [0, 0.05) is 0 Å². The van der Waals surface area contributed by atoms with Crippen molar-refractivity contribution in [3.8, 4) is 0 Å². The van der Waals surface area contributed by atoms with Crippen LogP contribution in [0.2, 0.25) is 0 Å². The molecular formula is C16H9F2NOS2. The molecule has 110 valence electrons. The third-order valence-corrected chi connectivity index (χ3v) is 4.31. The molecule has 1 heterocycles. The zero-order valence-corrected chi connectivity index (χ0v) is 12.8. The molecule has 6 heteroatoms. The van der Waals surface area contributed by atoms with Crippen molar-refractivity contribution in [1.82, 2.24) is 0 Å². The lowest BCUT2D eigenvalue weighted by molar-refractivity contribution is -0.113. The predicted octanol–water partition coefficient (Wildman–Crippen LogP) is 4.37. The lowest BCUT2D eigenvalue weighted by Gasteiger charge is -2.14. The smallest absolute Gasteiger partial charge is 0.268 e. The maximum Gasteiger partial charge on any atom is 0.270 e. The fourth-order valence-electron chi connectivity index (χ4n) is 2.05. The molecule has 1 aliphatic rings. The number of benzene rings is 2. The Bertz CT molecular complexity index is 804. The molecule has 1 fully saturated rings. The number of hydrogen-bond acceptors (Lipinski definition) is 3. The summed E-state index contributed by atoms with van der Waals surface area (Å²) in [5.74, 6) is -1.17. The monoisotopic (exact) mass is 333 g/mol. The molecule has 0 aliphatic carbocycles. The summed E-state index contributed by atoms with van der Waals surface area (Å²) in [7, 11) is 0. The van der Waals surface area contributed by atoms with Gasteiger partial charge in [-0.05, 0) is 42.0 Å². The van der Waals surface area contributed by atoms with Gasteiger partial charge in [-0.1, -0.05) is 42.2 Å². The quantitative estimate of drug-likeness (QED) is 0.601. The first-order chi connectivity index (χ1) is 10.5. The first kappa shape index (κ1) is 14.9. The van der Waals surface area contributed by atoms with Crippen LogP contribution in [0.3, 0.4) is 0 Å². The second-order valence-electron chi connectivity index (χ2n) is 4.55. The minimum atomic E-state index is -0.444. The molecule has 22 heavy (non-hydrogen) atoms. The minimum Gasteiger partial charge on any atom is -0.268 e. The van der Waals surface area contributed by atoms with Gasteiger partial charge in [-0.15, -0.1) is 0 Å². The van der Waals surface area contributed by atoms with Gasteiger partial charge in [0.1, 0.15) is 11.6 Å². The van der Waals surface area contributed by atoms with Crippen LogP contribution in [-0.4, -0.2) is 10.2 Å². The van der Waals surface area contributed by atoms with Crippen LogP contribution >= 0.6 is 24.0 Å². The van der Waals surface area contributed by atoms with E-state index in [1.165, 1.54) is 35.2 Å². The highest BCUT2D eigenvalue weighted by atomic mass is 32.2. The largest absolute Gasteiger partial charge is 0.270 e. The number of amides is 1. The number of nitrogens with zero attached hydrogens (tertiary/aromatic N) is 1. The lowest BCUT2D eigenvalue weighted by Crippen LogP contribution is -2.27. The summed E-state index contributed by atoms with van der Waals surface area (Å²) in [5.41, 5.74) is 0.949. The molecule has 0 radical (unpaired) electrons. The molecule has 0 N–H and O–H groups in total. The molecule has 0 unspecified atom stereocenters. The maximum atomic E-state index is 13.3. The van der Waals surface area contributed by atoms with Crippen molar-refractivity contribution in [3.05, 3.63) is 70.6 Å². The van der Waals surface area contributed by atoms with Gasteiger partial charge in [0.15, 0.2) is 4.32 Å². The predicted molar refractivity (Wildman–Crippen MR) is 88.5 cm³/mol. The number of carbonyl (C=O) groups is 1. The normalized spacial score (nSPS) is 16.6. The molecule has 0 bridgehead atoms. The molecule has 0 saturated carbocycles. The highest BCUT2D eigenvalue weighted by molar-refractivity contribution is 8.27. The number of thioether (sulfide) groups is 1. The van der Waals surface area contributed by atoms with E-state index in [9.17, 15) is 13.6 Å². The molecule has 0 atom stereocenters. The summed E-state index contributed by atoms with van der Waals surface area (Å²) >= 11 is 6.30. The van der Waals surface area contributed by atoms with E-state index in [-0.39, 0.29) is 11.7 Å². The van der Waals surface area contributed by atoms with Gasteiger partial charge in [-0.2, -0.15) is 0 Å². The SMILES string of the molecule is O=C1/C(=C/c2cccc(F)c2)SC(=S)N1c1cccc(F)c1. The summed E-state index contributed by atoms with van der Waals surface area (Å²) in [6.45, 7) is 0. The topological polar surface area (TPSA) is 20.3 Å². The number of rotatable bonds is 2. The summed E-state index contributed by atoms with van der Waals surface area (Å²) < 4.78 is 26.8. The third kappa shape index (κ3) is 2.93. The van der Waals surface area contributed by atoms with Crippen LogP contribution in [0, 0.1) is 11.6 Å². The van der Waals surface area contributed by atoms with Crippen LogP contribution < -0.4 is 4.90 Å². The Morgan fingerprint density at radius 1 is 1.05 bits per heavy atom. The van der Waals surface area contributed by atoms with Crippen LogP contribution in [0.1, 0.15) is 5.56 Å². The average molecular weight is 333 g/mol. The molecule has 2 nitrogen and oxygen atoms in total. The Hall–Kier alpha value is -2.05. The zero-order chi connectivity index (χ0) is 15.7. The van der Waals surface area contributed by atoms with E-state index >= 15 is 0 Å². The Morgan fingerprint density at radius 2 is 1.73 bits per heavy atom. The number of hydrogen-bond donors (Lipinski definition) is 0. The van der Waals surface area contributed by atoms with Gasteiger partial charge < -0.3 is 0 Å². The molecule has 0 aromatic heterocycles. The molecule has 0 spiro atoms. The number of halogens is 2. The summed E-state index contributed by atoms with van der Waals surface area (Å²) in [6, 6.07) is 11.6. The average Bonchev–Trinajstić information content (AvgIpc) is 2.73. The van der Waals surface area contributed by atoms with Gasteiger partial charge in [-0.25, -0.2) is 8.78 Å². The van der Waals surface area contributed by atoms with E-state index in [4.69, 9.17) is 12.2 Å². The van der Waals surface area contributed by atoms with Crippen molar-refractivity contribution in [2.24, 2.45) is 0 Å². The minimum absolute atomic E-state index is 0.318. The Morgan fingerprint density at radius 3 is 2.41 bits per heavy atom. The molecule has 1 amide bonds. The third-order valence-electron chi connectivity index (χ3n) is 3.01. The van der Waals surface area contributed by atoms with E-state index in [0.717, 1.165) is 11.8 Å². The van der Waals surface area contributed by atoms with Gasteiger partial charge in [0.2, 0.25) is 0 Å². The first-order valence-electron chi connectivity index (χ1n) is 6.34. The van der Waals surface area contributed by atoms with Gasteiger partial charge in [0.25, 0.3) is 5.91 Å². The first-order valence-corrected chi connectivity index (χ1v) is 7.56. The van der Waals surface area contributed by atoms with Crippen LogP contribution in [0.15, 0.2) is 53.4 Å². The molecule has 2 aromatic carbocycles. The highest BCUT2D eigenvalue weighted by Crippen LogP contribution is 2.36. The molecular weight excluding hydrogens is 324 g/mol.